The number of nitrogens with two attached hydrogens (primary N) is 1. The molecule has 0 unspecified atom stereocenters. The second-order valence-electron chi connectivity index (χ2n) is 4.70. The zero-order chi connectivity index (χ0) is 15.1. The van der Waals surface area contributed by atoms with Crippen molar-refractivity contribution in [2.24, 2.45) is 5.92 Å². The summed E-state index contributed by atoms with van der Waals surface area (Å²) in [5.74, 6) is -0.396. The summed E-state index contributed by atoms with van der Waals surface area (Å²) in [6, 6.07) is 4.77. The first-order valence-electron chi connectivity index (χ1n) is 6.32. The summed E-state index contributed by atoms with van der Waals surface area (Å²) in [5, 5.41) is 2.66. The molecule has 0 aliphatic rings. The summed E-state index contributed by atoms with van der Waals surface area (Å²) in [6.07, 6.45) is 0. The maximum absolute atomic E-state index is 11.9. The molecular formula is C14H20N2O4. The van der Waals surface area contributed by atoms with Crippen molar-refractivity contribution in [3.05, 3.63) is 23.8 Å². The lowest BCUT2D eigenvalue weighted by atomic mass is 10.2. The van der Waals surface area contributed by atoms with Crippen molar-refractivity contribution in [1.29, 1.82) is 0 Å². The fourth-order valence-electron chi connectivity index (χ4n) is 1.52. The molecule has 6 nitrogen and oxygen atoms in total. The van der Waals surface area contributed by atoms with Crippen LogP contribution in [0.15, 0.2) is 18.2 Å². The Morgan fingerprint density at radius 1 is 1.35 bits per heavy atom. The highest BCUT2D eigenvalue weighted by Crippen LogP contribution is 2.26. The van der Waals surface area contributed by atoms with Gasteiger partial charge in [0.1, 0.15) is 5.56 Å². The highest BCUT2D eigenvalue weighted by Gasteiger charge is 2.17. The Morgan fingerprint density at radius 2 is 2.05 bits per heavy atom. The van der Waals surface area contributed by atoms with Crippen molar-refractivity contribution >= 4 is 17.6 Å². The van der Waals surface area contributed by atoms with E-state index < -0.39 is 5.97 Å². The normalized spacial score (nSPS) is 10.2. The highest BCUT2D eigenvalue weighted by molar-refractivity contribution is 5.95. The number of rotatable bonds is 6. The zero-order valence-electron chi connectivity index (χ0n) is 11.9. The molecule has 0 aromatic heterocycles. The van der Waals surface area contributed by atoms with Crippen LogP contribution in [0.4, 0.5) is 5.69 Å². The first kappa shape index (κ1) is 15.8. The van der Waals surface area contributed by atoms with Gasteiger partial charge in [0, 0.05) is 6.54 Å². The van der Waals surface area contributed by atoms with Gasteiger partial charge in [-0.05, 0) is 18.1 Å². The maximum Gasteiger partial charge on any atom is 0.342 e. The molecule has 0 atom stereocenters. The summed E-state index contributed by atoms with van der Waals surface area (Å²) in [7, 11) is 1.41. The number of nitrogen functional groups attached to an aromatic ring is 1. The van der Waals surface area contributed by atoms with Crippen LogP contribution >= 0.6 is 0 Å². The second kappa shape index (κ2) is 7.37. The van der Waals surface area contributed by atoms with Gasteiger partial charge in [-0.3, -0.25) is 4.79 Å². The molecule has 0 bridgehead atoms. The van der Waals surface area contributed by atoms with E-state index in [1.807, 2.05) is 13.8 Å². The molecule has 1 rings (SSSR count). The number of carbonyl (C=O) groups excluding carboxylic acids is 2. The molecular weight excluding hydrogens is 260 g/mol. The Morgan fingerprint density at radius 3 is 2.65 bits per heavy atom. The van der Waals surface area contributed by atoms with Crippen LogP contribution in [0.2, 0.25) is 0 Å². The lowest BCUT2D eigenvalue weighted by molar-refractivity contribution is -0.124. The van der Waals surface area contributed by atoms with Gasteiger partial charge in [-0.15, -0.1) is 0 Å². The summed E-state index contributed by atoms with van der Waals surface area (Å²) >= 11 is 0. The van der Waals surface area contributed by atoms with Gasteiger partial charge in [-0.2, -0.15) is 0 Å². The Labute approximate surface area is 118 Å². The molecule has 110 valence electrons. The SMILES string of the molecule is COc1c(N)cccc1C(=O)OCC(=O)NCC(C)C. The fraction of sp³-hybridized carbons (Fsp3) is 0.429. The molecule has 0 radical (unpaired) electrons. The number of hydrogen-bond donors (Lipinski definition) is 2. The van der Waals surface area contributed by atoms with Crippen molar-refractivity contribution in [2.75, 3.05) is 26.0 Å². The molecule has 0 aliphatic carbocycles. The first-order chi connectivity index (χ1) is 9.45. The van der Waals surface area contributed by atoms with Crippen LogP contribution in [0.5, 0.6) is 5.75 Å². The minimum atomic E-state index is -0.645. The van der Waals surface area contributed by atoms with Crippen LogP contribution in [0.1, 0.15) is 24.2 Å². The van der Waals surface area contributed by atoms with Crippen molar-refractivity contribution in [3.8, 4) is 5.75 Å². The fourth-order valence-corrected chi connectivity index (χ4v) is 1.52. The summed E-state index contributed by atoms with van der Waals surface area (Å²) in [5.41, 5.74) is 6.23. The molecule has 20 heavy (non-hydrogen) atoms. The van der Waals surface area contributed by atoms with Crippen LogP contribution in [-0.4, -0.2) is 32.1 Å². The highest BCUT2D eigenvalue weighted by atomic mass is 16.5. The maximum atomic E-state index is 11.9. The van der Waals surface area contributed by atoms with Gasteiger partial charge in [-0.25, -0.2) is 4.79 Å². The smallest absolute Gasteiger partial charge is 0.342 e. The van der Waals surface area contributed by atoms with E-state index in [4.69, 9.17) is 15.2 Å². The van der Waals surface area contributed by atoms with Crippen LogP contribution in [0.3, 0.4) is 0 Å². The summed E-state index contributed by atoms with van der Waals surface area (Å²) in [6.45, 7) is 4.16. The molecule has 1 aromatic rings. The van der Waals surface area contributed by atoms with Crippen molar-refractivity contribution in [2.45, 2.75) is 13.8 Å². The lowest BCUT2D eigenvalue weighted by Crippen LogP contribution is -2.31. The third-order valence-electron chi connectivity index (χ3n) is 2.51. The number of carbonyl (C=O) groups is 2. The second-order valence-corrected chi connectivity index (χ2v) is 4.70. The van der Waals surface area contributed by atoms with E-state index in [1.54, 1.807) is 12.1 Å². The van der Waals surface area contributed by atoms with E-state index in [9.17, 15) is 9.59 Å². The van der Waals surface area contributed by atoms with E-state index in [2.05, 4.69) is 5.32 Å². The molecule has 0 aliphatic heterocycles. The van der Waals surface area contributed by atoms with Crippen LogP contribution in [-0.2, 0) is 9.53 Å². The van der Waals surface area contributed by atoms with Gasteiger partial charge in [0.05, 0.1) is 12.8 Å². The average molecular weight is 280 g/mol. The van der Waals surface area contributed by atoms with Gasteiger partial charge in [0.15, 0.2) is 12.4 Å². The number of anilines is 1. The number of amides is 1. The van der Waals surface area contributed by atoms with Crippen molar-refractivity contribution < 1.29 is 19.1 Å². The molecule has 1 amide bonds. The molecule has 6 heteroatoms. The Hall–Kier alpha value is -2.24. The third-order valence-corrected chi connectivity index (χ3v) is 2.51. The summed E-state index contributed by atoms with van der Waals surface area (Å²) in [4.78, 5) is 23.3. The third kappa shape index (κ3) is 4.46. The molecule has 0 saturated heterocycles. The Balaban J connectivity index is 2.59. The van der Waals surface area contributed by atoms with E-state index in [1.165, 1.54) is 13.2 Å². The van der Waals surface area contributed by atoms with Gasteiger partial charge < -0.3 is 20.5 Å². The van der Waals surface area contributed by atoms with Gasteiger partial charge in [0.25, 0.3) is 5.91 Å². The minimum absolute atomic E-state index is 0.198. The quantitative estimate of drug-likeness (QED) is 0.603. The predicted octanol–water partition coefficient (Wildman–Crippen LogP) is 1.21. The molecule has 1 aromatic carbocycles. The topological polar surface area (TPSA) is 90.7 Å². The molecule has 0 fully saturated rings. The van der Waals surface area contributed by atoms with Gasteiger partial charge in [-0.1, -0.05) is 19.9 Å². The van der Waals surface area contributed by atoms with Crippen molar-refractivity contribution in [3.63, 3.8) is 0 Å². The predicted molar refractivity (Wildman–Crippen MR) is 75.5 cm³/mol. The number of benzene rings is 1. The Bertz CT molecular complexity index is 486. The summed E-state index contributed by atoms with van der Waals surface area (Å²) < 4.78 is 9.99. The number of ether oxygens (including phenoxy) is 2. The largest absolute Gasteiger partial charge is 0.494 e. The van der Waals surface area contributed by atoms with E-state index in [0.29, 0.717) is 18.2 Å². The monoisotopic (exact) mass is 280 g/mol. The molecule has 0 heterocycles. The molecule has 0 saturated carbocycles. The van der Waals surface area contributed by atoms with Gasteiger partial charge >= 0.3 is 5.97 Å². The number of nitrogens with one attached hydrogen (secondary N) is 1. The molecule has 0 spiro atoms. The number of methoxy groups -OCH3 is 1. The van der Waals surface area contributed by atoms with Crippen LogP contribution in [0, 0.1) is 5.92 Å². The van der Waals surface area contributed by atoms with Gasteiger partial charge in [0.2, 0.25) is 0 Å². The molecule has 3 N–H and O–H groups in total. The average Bonchev–Trinajstić information content (AvgIpc) is 2.42. The van der Waals surface area contributed by atoms with Crippen molar-refractivity contribution in [1.82, 2.24) is 5.32 Å². The number of esters is 1. The number of para-hydroxylation sites is 1. The van der Waals surface area contributed by atoms with E-state index in [0.717, 1.165) is 0 Å². The van der Waals surface area contributed by atoms with E-state index in [-0.39, 0.29) is 23.8 Å². The standard InChI is InChI=1S/C14H20N2O4/c1-9(2)7-16-12(17)8-20-14(18)10-5-4-6-11(15)13(10)19-3/h4-6,9H,7-8,15H2,1-3H3,(H,16,17). The first-order valence-corrected chi connectivity index (χ1v) is 6.32. The van der Waals surface area contributed by atoms with Crippen LogP contribution in [0.25, 0.3) is 0 Å². The van der Waals surface area contributed by atoms with E-state index >= 15 is 0 Å². The minimum Gasteiger partial charge on any atom is -0.494 e. The number of hydrogen-bond acceptors (Lipinski definition) is 5. The van der Waals surface area contributed by atoms with Crippen LogP contribution < -0.4 is 15.8 Å². The zero-order valence-corrected chi connectivity index (χ0v) is 11.9. The Kier molecular flexibility index (Phi) is 5.83. The lowest BCUT2D eigenvalue weighted by Gasteiger charge is -2.11.